The molecule has 0 unspecified atom stereocenters. The molecule has 1 aromatic heterocycles. The van der Waals surface area contributed by atoms with Gasteiger partial charge < -0.3 is 5.32 Å². The number of rotatable bonds is 5. The van der Waals surface area contributed by atoms with Gasteiger partial charge in [0.2, 0.25) is 0 Å². The monoisotopic (exact) mass is 327 g/mol. The van der Waals surface area contributed by atoms with Crippen molar-refractivity contribution >= 4 is 5.69 Å². The van der Waals surface area contributed by atoms with Crippen LogP contribution in [-0.2, 0) is 6.54 Å². The largest absolute Gasteiger partial charge is 0.378 e. The van der Waals surface area contributed by atoms with Crippen molar-refractivity contribution in [2.45, 2.75) is 6.54 Å². The summed E-state index contributed by atoms with van der Waals surface area (Å²) in [5.41, 5.74) is 4.38. The van der Waals surface area contributed by atoms with Crippen LogP contribution in [0.3, 0.4) is 0 Å². The third kappa shape index (κ3) is 3.40. The first-order valence-electron chi connectivity index (χ1n) is 8.12. The zero-order chi connectivity index (χ0) is 16.9. The minimum absolute atomic E-state index is 0.548. The van der Waals surface area contributed by atoms with Crippen molar-refractivity contribution in [3.8, 4) is 16.8 Å². The van der Waals surface area contributed by atoms with Gasteiger partial charge in [0.1, 0.15) is 0 Å². The molecule has 0 saturated heterocycles. The molecule has 0 fully saturated rings. The summed E-state index contributed by atoms with van der Waals surface area (Å²) >= 11 is 0. The van der Waals surface area contributed by atoms with Gasteiger partial charge in [-0.15, -0.1) is 5.10 Å². The van der Waals surface area contributed by atoms with Gasteiger partial charge >= 0.3 is 0 Å². The van der Waals surface area contributed by atoms with Crippen LogP contribution in [0.2, 0.25) is 0 Å². The molecule has 0 amide bonds. The molecule has 1 N–H and O–H groups in total. The van der Waals surface area contributed by atoms with E-state index in [1.54, 1.807) is 4.68 Å². The molecule has 0 atom stereocenters. The van der Waals surface area contributed by atoms with Crippen molar-refractivity contribution < 1.29 is 0 Å². The van der Waals surface area contributed by atoms with Gasteiger partial charge in [0.15, 0.2) is 5.82 Å². The lowest BCUT2D eigenvalue weighted by Gasteiger charge is -2.08. The fraction of sp³-hybridized carbons (Fsp3) is 0.0500. The van der Waals surface area contributed by atoms with Gasteiger partial charge in [0.25, 0.3) is 0 Å². The number of benzene rings is 3. The Morgan fingerprint density at radius 3 is 2.08 bits per heavy atom. The average Bonchev–Trinajstić information content (AvgIpc) is 3.17. The topological polar surface area (TPSA) is 55.6 Å². The highest BCUT2D eigenvalue weighted by molar-refractivity contribution is 5.65. The molecule has 5 nitrogen and oxygen atoms in total. The van der Waals surface area contributed by atoms with Crippen molar-refractivity contribution in [1.82, 2.24) is 20.2 Å². The normalized spacial score (nSPS) is 10.6. The van der Waals surface area contributed by atoms with Crippen molar-refractivity contribution in [1.29, 1.82) is 0 Å². The van der Waals surface area contributed by atoms with E-state index in [0.717, 1.165) is 17.2 Å². The second kappa shape index (κ2) is 6.97. The van der Waals surface area contributed by atoms with Crippen LogP contribution in [0.25, 0.3) is 16.8 Å². The summed E-state index contributed by atoms with van der Waals surface area (Å²) < 4.78 is 1.74. The van der Waals surface area contributed by atoms with Crippen LogP contribution >= 0.6 is 0 Å². The Balaban J connectivity index is 1.47. The van der Waals surface area contributed by atoms with Crippen molar-refractivity contribution in [2.24, 2.45) is 0 Å². The van der Waals surface area contributed by atoms with E-state index in [-0.39, 0.29) is 0 Å². The summed E-state index contributed by atoms with van der Waals surface area (Å²) in [6.45, 7) is 0.548. The van der Waals surface area contributed by atoms with Crippen LogP contribution in [0.4, 0.5) is 5.69 Å². The second-order valence-corrected chi connectivity index (χ2v) is 5.64. The van der Waals surface area contributed by atoms with Crippen molar-refractivity contribution in [2.75, 3.05) is 5.32 Å². The van der Waals surface area contributed by atoms with E-state index in [1.807, 2.05) is 48.5 Å². The number of tetrazole rings is 1. The van der Waals surface area contributed by atoms with Gasteiger partial charge in [-0.05, 0) is 45.8 Å². The fourth-order valence-corrected chi connectivity index (χ4v) is 2.68. The highest BCUT2D eigenvalue weighted by atomic mass is 15.5. The molecule has 0 spiro atoms. The van der Waals surface area contributed by atoms with Crippen LogP contribution < -0.4 is 5.32 Å². The van der Waals surface area contributed by atoms with E-state index in [2.05, 4.69) is 57.2 Å². The summed E-state index contributed by atoms with van der Waals surface area (Å²) in [5, 5.41) is 15.3. The van der Waals surface area contributed by atoms with Crippen LogP contribution in [0.5, 0.6) is 0 Å². The maximum absolute atomic E-state index is 4.11. The molecule has 0 aliphatic carbocycles. The molecule has 0 saturated carbocycles. The van der Waals surface area contributed by atoms with E-state index in [4.69, 9.17) is 0 Å². The minimum Gasteiger partial charge on any atom is -0.378 e. The lowest BCUT2D eigenvalue weighted by molar-refractivity contribution is 0.768. The van der Waals surface area contributed by atoms with Crippen LogP contribution in [0.1, 0.15) is 5.82 Å². The first-order chi connectivity index (χ1) is 12.4. The summed E-state index contributed by atoms with van der Waals surface area (Å²) in [4.78, 5) is 0. The fourth-order valence-electron chi connectivity index (χ4n) is 2.68. The third-order valence-corrected chi connectivity index (χ3v) is 3.98. The smallest absolute Gasteiger partial charge is 0.175 e. The van der Waals surface area contributed by atoms with Crippen LogP contribution in [-0.4, -0.2) is 20.2 Å². The lowest BCUT2D eigenvalue weighted by Crippen LogP contribution is -2.08. The maximum atomic E-state index is 4.11. The SMILES string of the molecule is c1ccc(-c2ccc(NCc3nnnn3-c3ccccc3)cc2)cc1. The quantitative estimate of drug-likeness (QED) is 0.603. The predicted molar refractivity (Wildman–Crippen MR) is 98.4 cm³/mol. The van der Waals surface area contributed by atoms with Crippen LogP contribution in [0, 0.1) is 0 Å². The maximum Gasteiger partial charge on any atom is 0.175 e. The molecule has 25 heavy (non-hydrogen) atoms. The zero-order valence-electron chi connectivity index (χ0n) is 13.6. The highest BCUT2D eigenvalue weighted by Gasteiger charge is 2.07. The number of hydrogen-bond donors (Lipinski definition) is 1. The van der Waals surface area contributed by atoms with Gasteiger partial charge in [0, 0.05) is 5.69 Å². The van der Waals surface area contributed by atoms with E-state index < -0.39 is 0 Å². The molecule has 3 aromatic carbocycles. The number of anilines is 1. The van der Waals surface area contributed by atoms with E-state index in [1.165, 1.54) is 11.1 Å². The summed E-state index contributed by atoms with van der Waals surface area (Å²) in [5.74, 6) is 0.762. The van der Waals surface area contributed by atoms with E-state index >= 15 is 0 Å². The first kappa shape index (κ1) is 15.1. The van der Waals surface area contributed by atoms with Gasteiger partial charge in [-0.1, -0.05) is 60.7 Å². The molecule has 0 bridgehead atoms. The molecular formula is C20H17N5. The van der Waals surface area contributed by atoms with E-state index in [0.29, 0.717) is 6.54 Å². The van der Waals surface area contributed by atoms with Gasteiger partial charge in [-0.25, -0.2) is 0 Å². The number of para-hydroxylation sites is 1. The molecule has 0 aliphatic rings. The molecule has 0 aliphatic heterocycles. The molecule has 1 heterocycles. The third-order valence-electron chi connectivity index (χ3n) is 3.98. The highest BCUT2D eigenvalue weighted by Crippen LogP contribution is 2.21. The Hall–Kier alpha value is -3.47. The van der Waals surface area contributed by atoms with Crippen molar-refractivity contribution in [3.05, 3.63) is 90.8 Å². The summed E-state index contributed by atoms with van der Waals surface area (Å²) in [6.07, 6.45) is 0. The number of nitrogens with zero attached hydrogens (tertiary/aromatic N) is 4. The minimum atomic E-state index is 0.548. The molecule has 0 radical (unpaired) electrons. The number of aromatic nitrogens is 4. The molecule has 4 aromatic rings. The Bertz CT molecular complexity index is 931. The molecule has 4 rings (SSSR count). The second-order valence-electron chi connectivity index (χ2n) is 5.64. The van der Waals surface area contributed by atoms with Gasteiger partial charge in [-0.2, -0.15) is 4.68 Å². The standard InChI is InChI=1S/C20H17N5/c1-3-7-16(8-4-1)17-11-13-18(14-12-17)21-15-20-22-23-24-25(20)19-9-5-2-6-10-19/h1-14,21H,15H2. The Kier molecular flexibility index (Phi) is 4.20. The molecule has 122 valence electrons. The van der Waals surface area contributed by atoms with Crippen LogP contribution in [0.15, 0.2) is 84.9 Å². The summed E-state index contributed by atoms with van der Waals surface area (Å²) in [7, 11) is 0. The number of nitrogens with one attached hydrogen (secondary N) is 1. The first-order valence-corrected chi connectivity index (χ1v) is 8.12. The molecular weight excluding hydrogens is 310 g/mol. The van der Waals surface area contributed by atoms with Gasteiger partial charge in [0.05, 0.1) is 12.2 Å². The molecule has 5 heteroatoms. The zero-order valence-corrected chi connectivity index (χ0v) is 13.6. The Labute approximate surface area is 146 Å². The average molecular weight is 327 g/mol. The summed E-state index contributed by atoms with van der Waals surface area (Å²) in [6, 6.07) is 28.6. The van der Waals surface area contributed by atoms with E-state index in [9.17, 15) is 0 Å². The Morgan fingerprint density at radius 2 is 1.36 bits per heavy atom. The number of hydrogen-bond acceptors (Lipinski definition) is 4. The van der Waals surface area contributed by atoms with Crippen molar-refractivity contribution in [3.63, 3.8) is 0 Å². The predicted octanol–water partition coefficient (Wildman–Crippen LogP) is 3.94. The lowest BCUT2D eigenvalue weighted by atomic mass is 10.1. The van der Waals surface area contributed by atoms with Gasteiger partial charge in [-0.3, -0.25) is 0 Å². The Morgan fingerprint density at radius 1 is 0.720 bits per heavy atom.